The first kappa shape index (κ1) is 19.3. The summed E-state index contributed by atoms with van der Waals surface area (Å²) in [6.45, 7) is 2.69. The van der Waals surface area contributed by atoms with Crippen LogP contribution < -0.4 is 16.0 Å². The highest BCUT2D eigenvalue weighted by molar-refractivity contribution is 14.0. The highest BCUT2D eigenvalue weighted by Gasteiger charge is 2.16. The fraction of sp³-hybridized carbons (Fsp3) is 0.312. The SMILES string of the molecule is I.NC(=NCc1cnc(N2CCOCC2)c(F)c1)Nc1ccccn1. The lowest BCUT2D eigenvalue weighted by atomic mass is 10.2. The highest BCUT2D eigenvalue weighted by atomic mass is 127. The molecule has 1 fully saturated rings. The van der Waals surface area contributed by atoms with Gasteiger partial charge in [0.2, 0.25) is 0 Å². The van der Waals surface area contributed by atoms with Crippen LogP contribution in [0.25, 0.3) is 0 Å². The van der Waals surface area contributed by atoms with E-state index in [0.717, 1.165) is 0 Å². The van der Waals surface area contributed by atoms with Crippen LogP contribution in [-0.2, 0) is 11.3 Å². The Kier molecular flexibility index (Phi) is 7.31. The molecule has 0 atom stereocenters. The van der Waals surface area contributed by atoms with E-state index in [1.54, 1.807) is 18.5 Å². The van der Waals surface area contributed by atoms with Crippen LogP contribution in [0.2, 0.25) is 0 Å². The molecule has 7 nitrogen and oxygen atoms in total. The summed E-state index contributed by atoms with van der Waals surface area (Å²) in [7, 11) is 0. The molecule has 9 heteroatoms. The molecule has 3 heterocycles. The molecular weight excluding hydrogens is 438 g/mol. The minimum absolute atomic E-state index is 0. The van der Waals surface area contributed by atoms with Crippen molar-refractivity contribution in [2.45, 2.75) is 6.54 Å². The molecular formula is C16H20FIN6O. The zero-order valence-corrected chi connectivity index (χ0v) is 15.9. The zero-order chi connectivity index (χ0) is 16.8. The molecule has 0 spiro atoms. The lowest BCUT2D eigenvalue weighted by molar-refractivity contribution is 0.122. The van der Waals surface area contributed by atoms with Gasteiger partial charge >= 0.3 is 0 Å². The van der Waals surface area contributed by atoms with Crippen LogP contribution in [0.15, 0.2) is 41.7 Å². The van der Waals surface area contributed by atoms with Gasteiger partial charge in [-0.25, -0.2) is 19.4 Å². The summed E-state index contributed by atoms with van der Waals surface area (Å²) in [5, 5.41) is 2.87. The average molecular weight is 458 g/mol. The number of nitrogens with zero attached hydrogens (tertiary/aromatic N) is 4. The van der Waals surface area contributed by atoms with Gasteiger partial charge in [0, 0.05) is 25.5 Å². The van der Waals surface area contributed by atoms with Crippen LogP contribution in [0, 0.1) is 5.82 Å². The van der Waals surface area contributed by atoms with Crippen LogP contribution >= 0.6 is 24.0 Å². The first-order valence-electron chi connectivity index (χ1n) is 7.67. The number of ether oxygens (including phenoxy) is 1. The summed E-state index contributed by atoms with van der Waals surface area (Å²) >= 11 is 0. The number of anilines is 2. The van der Waals surface area contributed by atoms with Gasteiger partial charge in [0.15, 0.2) is 17.6 Å². The smallest absolute Gasteiger partial charge is 0.194 e. The van der Waals surface area contributed by atoms with Crippen LogP contribution in [0.3, 0.4) is 0 Å². The molecule has 0 aromatic carbocycles. The Hall–Kier alpha value is -2.01. The standard InChI is InChI=1S/C16H19FN6O.HI/c17-13-9-12(10-20-15(13)23-5-7-24-8-6-23)11-21-16(18)22-14-3-1-2-4-19-14;/h1-4,9-10H,5-8,11H2,(H3,18,19,21,22);1H. The predicted molar refractivity (Wildman–Crippen MR) is 106 cm³/mol. The first-order chi connectivity index (χ1) is 11.7. The van der Waals surface area contributed by atoms with Gasteiger partial charge in [0.1, 0.15) is 5.82 Å². The van der Waals surface area contributed by atoms with Gasteiger partial charge in [0.25, 0.3) is 0 Å². The average Bonchev–Trinajstić information content (AvgIpc) is 2.62. The van der Waals surface area contributed by atoms with Crippen LogP contribution in [0.5, 0.6) is 0 Å². The molecule has 0 amide bonds. The third-order valence-corrected chi connectivity index (χ3v) is 3.54. The van der Waals surface area contributed by atoms with Crippen molar-refractivity contribution in [2.75, 3.05) is 36.5 Å². The van der Waals surface area contributed by atoms with E-state index >= 15 is 0 Å². The maximum Gasteiger partial charge on any atom is 0.194 e. The molecule has 1 aliphatic rings. The summed E-state index contributed by atoms with van der Waals surface area (Å²) < 4.78 is 19.5. The number of nitrogens with two attached hydrogens (primary N) is 1. The Balaban J connectivity index is 0.00000225. The Morgan fingerprint density at radius 2 is 2.12 bits per heavy atom. The van der Waals surface area contributed by atoms with Crippen LogP contribution in [0.1, 0.15) is 5.56 Å². The van der Waals surface area contributed by atoms with Gasteiger partial charge < -0.3 is 20.7 Å². The van der Waals surface area contributed by atoms with Crippen molar-refractivity contribution in [3.8, 4) is 0 Å². The van der Waals surface area contributed by atoms with Crippen molar-refractivity contribution in [1.82, 2.24) is 9.97 Å². The van der Waals surface area contributed by atoms with Crippen molar-refractivity contribution in [1.29, 1.82) is 0 Å². The summed E-state index contributed by atoms with van der Waals surface area (Å²) in [6.07, 6.45) is 3.27. The fourth-order valence-corrected chi connectivity index (χ4v) is 2.35. The van der Waals surface area contributed by atoms with Crippen molar-refractivity contribution in [2.24, 2.45) is 10.7 Å². The number of aliphatic imine (C=N–C) groups is 1. The van der Waals surface area contributed by atoms with E-state index in [1.165, 1.54) is 6.07 Å². The molecule has 0 aliphatic carbocycles. The molecule has 1 saturated heterocycles. The second kappa shape index (κ2) is 9.47. The van der Waals surface area contributed by atoms with Gasteiger partial charge in [0.05, 0.1) is 19.8 Å². The first-order valence-corrected chi connectivity index (χ1v) is 7.67. The Morgan fingerprint density at radius 3 is 2.80 bits per heavy atom. The minimum Gasteiger partial charge on any atom is -0.378 e. The van der Waals surface area contributed by atoms with E-state index in [2.05, 4.69) is 20.3 Å². The van der Waals surface area contributed by atoms with Crippen molar-refractivity contribution in [3.63, 3.8) is 0 Å². The highest BCUT2D eigenvalue weighted by Crippen LogP contribution is 2.18. The molecule has 0 saturated carbocycles. The van der Waals surface area contributed by atoms with Gasteiger partial charge in [-0.1, -0.05) is 6.07 Å². The fourth-order valence-electron chi connectivity index (χ4n) is 2.35. The third-order valence-electron chi connectivity index (χ3n) is 3.54. The molecule has 134 valence electrons. The number of rotatable bonds is 4. The minimum atomic E-state index is -0.360. The topological polar surface area (TPSA) is 88.7 Å². The number of aromatic nitrogens is 2. The number of pyridine rings is 2. The van der Waals surface area contributed by atoms with Gasteiger partial charge in [-0.15, -0.1) is 24.0 Å². The van der Waals surface area contributed by atoms with Crippen LogP contribution in [-0.4, -0.2) is 42.2 Å². The molecule has 25 heavy (non-hydrogen) atoms. The van der Waals surface area contributed by atoms with E-state index in [4.69, 9.17) is 10.5 Å². The van der Waals surface area contributed by atoms with E-state index in [9.17, 15) is 4.39 Å². The number of nitrogens with one attached hydrogen (secondary N) is 1. The molecule has 0 bridgehead atoms. The normalized spacial score (nSPS) is 14.8. The summed E-state index contributed by atoms with van der Waals surface area (Å²) in [6, 6.07) is 6.87. The van der Waals surface area contributed by atoms with E-state index in [0.29, 0.717) is 43.5 Å². The third kappa shape index (κ3) is 5.49. The quantitative estimate of drug-likeness (QED) is 0.414. The number of morpholine rings is 1. The molecule has 2 aromatic rings. The monoisotopic (exact) mass is 458 g/mol. The summed E-state index contributed by atoms with van der Waals surface area (Å²) in [5.74, 6) is 0.809. The number of hydrogen-bond donors (Lipinski definition) is 2. The van der Waals surface area contributed by atoms with E-state index in [1.807, 2.05) is 17.0 Å². The molecule has 3 N–H and O–H groups in total. The van der Waals surface area contributed by atoms with Gasteiger partial charge in [-0.3, -0.25) is 0 Å². The number of hydrogen-bond acceptors (Lipinski definition) is 5. The number of halogens is 2. The Morgan fingerprint density at radius 1 is 1.32 bits per heavy atom. The van der Waals surface area contributed by atoms with Crippen molar-refractivity contribution < 1.29 is 9.13 Å². The second-order valence-electron chi connectivity index (χ2n) is 5.29. The zero-order valence-electron chi connectivity index (χ0n) is 13.6. The number of guanidine groups is 1. The maximum absolute atomic E-state index is 14.3. The second-order valence-corrected chi connectivity index (χ2v) is 5.29. The molecule has 0 radical (unpaired) electrons. The Labute approximate surface area is 162 Å². The van der Waals surface area contributed by atoms with Gasteiger partial charge in [-0.05, 0) is 23.8 Å². The molecule has 1 aliphatic heterocycles. The molecule has 0 unspecified atom stereocenters. The Bertz CT molecular complexity index is 709. The largest absolute Gasteiger partial charge is 0.378 e. The van der Waals surface area contributed by atoms with Crippen LogP contribution in [0.4, 0.5) is 16.0 Å². The maximum atomic E-state index is 14.3. The van der Waals surface area contributed by atoms with Gasteiger partial charge in [-0.2, -0.15) is 0 Å². The van der Waals surface area contributed by atoms with Crippen molar-refractivity contribution in [3.05, 3.63) is 48.0 Å². The summed E-state index contributed by atoms with van der Waals surface area (Å²) in [5.41, 5.74) is 6.45. The van der Waals surface area contributed by atoms with E-state index < -0.39 is 0 Å². The summed E-state index contributed by atoms with van der Waals surface area (Å²) in [4.78, 5) is 14.4. The molecule has 3 rings (SSSR count). The molecule has 2 aromatic heterocycles. The van der Waals surface area contributed by atoms with E-state index in [-0.39, 0.29) is 42.3 Å². The van der Waals surface area contributed by atoms with Crippen molar-refractivity contribution >= 4 is 41.6 Å². The lowest BCUT2D eigenvalue weighted by Crippen LogP contribution is -2.37. The lowest BCUT2D eigenvalue weighted by Gasteiger charge is -2.28. The predicted octanol–water partition coefficient (Wildman–Crippen LogP) is 2.00.